The molecule has 38 heavy (non-hydrogen) atoms. The number of halogens is 1. The summed E-state index contributed by atoms with van der Waals surface area (Å²) in [5.41, 5.74) is 3.02. The average Bonchev–Trinajstić information content (AvgIpc) is 3.33. The van der Waals surface area contributed by atoms with Gasteiger partial charge in [0.15, 0.2) is 0 Å². The van der Waals surface area contributed by atoms with E-state index in [2.05, 4.69) is 20.2 Å². The molecular weight excluding hydrogens is 493 g/mol. The number of rotatable bonds is 7. The van der Waals surface area contributed by atoms with E-state index in [0.29, 0.717) is 56.5 Å². The first kappa shape index (κ1) is 24.8. The third kappa shape index (κ3) is 4.38. The van der Waals surface area contributed by atoms with E-state index < -0.39 is 11.9 Å². The van der Waals surface area contributed by atoms with Gasteiger partial charge in [-0.05, 0) is 48.4 Å². The fraction of sp³-hybridized carbons (Fsp3) is 0.185. The summed E-state index contributed by atoms with van der Waals surface area (Å²) in [6.07, 6.45) is -0.826. The second kappa shape index (κ2) is 9.85. The fourth-order valence-corrected chi connectivity index (χ4v) is 4.47. The summed E-state index contributed by atoms with van der Waals surface area (Å²) < 4.78 is 25.8. The molecule has 0 aliphatic carbocycles. The third-order valence-electron chi connectivity index (χ3n) is 6.34. The Labute approximate surface area is 215 Å². The smallest absolute Gasteiger partial charge is 0.414 e. The average molecular weight is 518 g/mol. The van der Waals surface area contributed by atoms with Crippen LogP contribution in [-0.4, -0.2) is 52.1 Å². The third-order valence-corrected chi connectivity index (χ3v) is 6.34. The molecule has 1 amide bonds. The van der Waals surface area contributed by atoms with Crippen LogP contribution in [0.1, 0.15) is 18.2 Å². The van der Waals surface area contributed by atoms with Crippen LogP contribution >= 0.6 is 0 Å². The lowest BCUT2D eigenvalue weighted by molar-refractivity contribution is 0.202. The molecule has 194 valence electrons. The highest BCUT2D eigenvalue weighted by molar-refractivity contribution is 5.91. The number of fused-ring (bicyclic) bond motifs is 2. The summed E-state index contributed by atoms with van der Waals surface area (Å²) in [5, 5.41) is 17.1. The molecule has 2 aromatic heterocycles. The van der Waals surface area contributed by atoms with Crippen molar-refractivity contribution in [3.63, 3.8) is 0 Å². The molecule has 11 heteroatoms. The number of aromatic amines is 2. The maximum absolute atomic E-state index is 15.0. The summed E-state index contributed by atoms with van der Waals surface area (Å²) in [6.45, 7) is 1.93. The molecule has 0 bridgehead atoms. The largest absolute Gasteiger partial charge is 0.497 e. The van der Waals surface area contributed by atoms with Gasteiger partial charge in [0.05, 0.1) is 41.7 Å². The van der Waals surface area contributed by atoms with E-state index in [0.717, 1.165) is 10.5 Å². The maximum Gasteiger partial charge on any atom is 0.414 e. The van der Waals surface area contributed by atoms with E-state index in [4.69, 9.17) is 9.47 Å². The fourth-order valence-electron chi connectivity index (χ4n) is 4.47. The number of carbonyl (C=O) groups is 1. The first-order valence-electron chi connectivity index (χ1n) is 11.7. The van der Waals surface area contributed by atoms with Crippen LogP contribution in [0.4, 0.5) is 15.1 Å². The van der Waals surface area contributed by atoms with Crippen LogP contribution in [0.3, 0.4) is 0 Å². The molecule has 10 nitrogen and oxygen atoms in total. The molecule has 3 N–H and O–H groups in total. The van der Waals surface area contributed by atoms with E-state index in [1.54, 1.807) is 49.4 Å². The molecule has 0 aliphatic heterocycles. The first-order chi connectivity index (χ1) is 18.3. The van der Waals surface area contributed by atoms with Crippen molar-refractivity contribution in [2.75, 3.05) is 25.7 Å². The van der Waals surface area contributed by atoms with Gasteiger partial charge < -0.3 is 19.6 Å². The summed E-state index contributed by atoms with van der Waals surface area (Å²) in [4.78, 5) is 32.4. The minimum Gasteiger partial charge on any atom is -0.497 e. The number of anilines is 1. The Morgan fingerprint density at radius 1 is 1.11 bits per heavy atom. The number of aromatic nitrogens is 4. The van der Waals surface area contributed by atoms with Gasteiger partial charge in [-0.2, -0.15) is 5.10 Å². The lowest BCUT2D eigenvalue weighted by Gasteiger charge is -2.12. The summed E-state index contributed by atoms with van der Waals surface area (Å²) in [5.74, 6) is 0.695. The predicted molar refractivity (Wildman–Crippen MR) is 141 cm³/mol. The number of ether oxygens (including phenoxy) is 2. The van der Waals surface area contributed by atoms with Gasteiger partial charge in [0.25, 0.3) is 5.56 Å². The second-order valence-corrected chi connectivity index (χ2v) is 8.56. The Morgan fingerprint density at radius 2 is 1.92 bits per heavy atom. The summed E-state index contributed by atoms with van der Waals surface area (Å²) >= 11 is 0. The zero-order valence-electron chi connectivity index (χ0n) is 20.8. The van der Waals surface area contributed by atoms with Crippen LogP contribution in [0.25, 0.3) is 32.9 Å². The molecule has 5 rings (SSSR count). The van der Waals surface area contributed by atoms with Gasteiger partial charge in [-0.1, -0.05) is 12.1 Å². The lowest BCUT2D eigenvalue weighted by atomic mass is 9.98. The predicted octanol–water partition coefficient (Wildman–Crippen LogP) is 4.72. The highest BCUT2D eigenvalue weighted by Crippen LogP contribution is 2.33. The number of imidazole rings is 1. The number of amides is 1. The number of hydrogen-bond acceptors (Lipinski definition) is 6. The Balaban J connectivity index is 1.55. The number of H-pyrrole nitrogens is 2. The molecule has 0 fully saturated rings. The molecule has 0 atom stereocenters. The number of nitrogens with zero attached hydrogens (tertiary/aromatic N) is 3. The van der Waals surface area contributed by atoms with Crippen LogP contribution in [0, 0.1) is 5.82 Å². The Kier molecular flexibility index (Phi) is 6.41. The van der Waals surface area contributed by atoms with Crippen molar-refractivity contribution < 1.29 is 23.8 Å². The van der Waals surface area contributed by atoms with E-state index in [1.807, 2.05) is 0 Å². The van der Waals surface area contributed by atoms with Crippen molar-refractivity contribution in [3.05, 3.63) is 76.0 Å². The number of carboxylic acid groups (broad SMARTS) is 1. The van der Waals surface area contributed by atoms with E-state index >= 15 is 0 Å². The molecule has 0 spiro atoms. The molecule has 0 saturated heterocycles. The molecular formula is C27H24FN5O5. The molecule has 0 aliphatic rings. The van der Waals surface area contributed by atoms with Gasteiger partial charge in [-0.3, -0.25) is 4.79 Å². The van der Waals surface area contributed by atoms with E-state index in [9.17, 15) is 19.1 Å². The van der Waals surface area contributed by atoms with Crippen molar-refractivity contribution >= 4 is 33.8 Å². The highest BCUT2D eigenvalue weighted by atomic mass is 19.1. The quantitative estimate of drug-likeness (QED) is 0.284. The Hall–Kier alpha value is -4.93. The van der Waals surface area contributed by atoms with E-state index in [1.165, 1.54) is 20.3 Å². The highest BCUT2D eigenvalue weighted by Gasteiger charge is 2.18. The van der Waals surface area contributed by atoms with Gasteiger partial charge in [0.1, 0.15) is 17.3 Å². The normalized spacial score (nSPS) is 11.2. The molecule has 0 saturated carbocycles. The minimum atomic E-state index is -1.12. The Morgan fingerprint density at radius 3 is 2.63 bits per heavy atom. The standard InChI is InChI=1S/C27H24FN5O5/c1-4-33(27(35)36)26-29-20-8-6-15(11-21(20)30-26)17-9-14(5-7-19(17)28)10-22-24-18(25(34)32-31-22)12-16(37-2)13-23(24)38-3/h5-9,11-13H,4,10H2,1-3H3,(H,29,30)(H,32,34)(H,35,36). The minimum absolute atomic E-state index is 0.197. The molecule has 2 heterocycles. The summed E-state index contributed by atoms with van der Waals surface area (Å²) in [7, 11) is 3.01. The number of nitrogens with one attached hydrogen (secondary N) is 2. The molecule has 0 radical (unpaired) electrons. The van der Waals surface area contributed by atoms with Crippen LogP contribution < -0.4 is 19.9 Å². The summed E-state index contributed by atoms with van der Waals surface area (Å²) in [6, 6.07) is 13.2. The van der Waals surface area contributed by atoms with Crippen molar-refractivity contribution in [1.82, 2.24) is 20.2 Å². The SMILES string of the molecule is CCN(C(=O)O)c1nc2ccc(-c3cc(Cc4n[nH]c(=O)c5cc(OC)cc(OC)c45)ccc3F)cc2[nH]1. The topological polar surface area (TPSA) is 133 Å². The zero-order valence-corrected chi connectivity index (χ0v) is 20.8. The van der Waals surface area contributed by atoms with Crippen LogP contribution in [-0.2, 0) is 6.42 Å². The Bertz CT molecular complexity index is 1750. The van der Waals surface area contributed by atoms with Gasteiger partial charge in [0.2, 0.25) is 5.95 Å². The lowest BCUT2D eigenvalue weighted by Crippen LogP contribution is -2.29. The first-order valence-corrected chi connectivity index (χ1v) is 11.7. The van der Waals surface area contributed by atoms with Gasteiger partial charge in [-0.15, -0.1) is 0 Å². The number of benzene rings is 3. The van der Waals surface area contributed by atoms with Crippen LogP contribution in [0.2, 0.25) is 0 Å². The number of methoxy groups -OCH3 is 2. The van der Waals surface area contributed by atoms with Gasteiger partial charge >= 0.3 is 6.09 Å². The molecule has 5 aromatic rings. The molecule has 0 unspecified atom stereocenters. The van der Waals surface area contributed by atoms with Crippen molar-refractivity contribution in [2.45, 2.75) is 13.3 Å². The van der Waals surface area contributed by atoms with Crippen LogP contribution in [0.15, 0.2) is 53.3 Å². The van der Waals surface area contributed by atoms with Gasteiger partial charge in [0, 0.05) is 24.6 Å². The van der Waals surface area contributed by atoms with Gasteiger partial charge in [-0.25, -0.2) is 24.2 Å². The monoisotopic (exact) mass is 517 g/mol. The van der Waals surface area contributed by atoms with Crippen LogP contribution in [0.5, 0.6) is 11.5 Å². The number of hydrogen-bond donors (Lipinski definition) is 3. The zero-order chi connectivity index (χ0) is 27.0. The molecule has 3 aromatic carbocycles. The van der Waals surface area contributed by atoms with Crippen molar-refractivity contribution in [2.24, 2.45) is 0 Å². The van der Waals surface area contributed by atoms with E-state index in [-0.39, 0.29) is 18.1 Å². The van der Waals surface area contributed by atoms with Crippen molar-refractivity contribution in [3.8, 4) is 22.6 Å². The van der Waals surface area contributed by atoms with Crippen molar-refractivity contribution in [1.29, 1.82) is 0 Å². The second-order valence-electron chi connectivity index (χ2n) is 8.56. The maximum atomic E-state index is 15.0.